The molecule has 11 heteroatoms. The molecule has 1 unspecified atom stereocenters. The fourth-order valence-corrected chi connectivity index (χ4v) is 4.73. The number of halogens is 2. The molecule has 0 spiro atoms. The highest BCUT2D eigenvalue weighted by Crippen LogP contribution is 2.41. The van der Waals surface area contributed by atoms with E-state index in [0.717, 1.165) is 11.1 Å². The van der Waals surface area contributed by atoms with Gasteiger partial charge in [0.15, 0.2) is 5.65 Å². The van der Waals surface area contributed by atoms with Gasteiger partial charge in [0.05, 0.1) is 11.3 Å². The molecule has 1 atom stereocenters. The van der Waals surface area contributed by atoms with E-state index in [0.29, 0.717) is 43.9 Å². The third-order valence-corrected chi connectivity index (χ3v) is 7.27. The van der Waals surface area contributed by atoms with Crippen LogP contribution >= 0.6 is 15.9 Å². The molecule has 35 heavy (non-hydrogen) atoms. The summed E-state index contributed by atoms with van der Waals surface area (Å²) in [5.74, 6) is -0.413. The summed E-state index contributed by atoms with van der Waals surface area (Å²) in [4.78, 5) is 13.0. The van der Waals surface area contributed by atoms with E-state index in [1.54, 1.807) is 40.2 Å². The molecule has 0 saturated carbocycles. The molecule has 8 nitrogen and oxygen atoms in total. The van der Waals surface area contributed by atoms with Gasteiger partial charge in [0.25, 0.3) is 5.91 Å². The Morgan fingerprint density at radius 3 is 2.54 bits per heavy atom. The van der Waals surface area contributed by atoms with Gasteiger partial charge in [-0.3, -0.25) is 13.5 Å². The Bertz CT molecular complexity index is 1630. The maximum absolute atomic E-state index is 13.5. The molecule has 5 aromatic rings. The Balaban J connectivity index is 1.83. The predicted octanol–water partition coefficient (Wildman–Crippen LogP) is 4.80. The first kappa shape index (κ1) is 23.2. The van der Waals surface area contributed by atoms with E-state index in [2.05, 4.69) is 31.4 Å². The van der Waals surface area contributed by atoms with Crippen molar-refractivity contribution in [1.29, 1.82) is 0 Å². The van der Waals surface area contributed by atoms with Gasteiger partial charge < -0.3 is 9.73 Å². The second-order valence-corrected chi connectivity index (χ2v) is 9.90. The predicted molar refractivity (Wildman–Crippen MR) is 137 cm³/mol. The fourth-order valence-electron chi connectivity index (χ4n) is 3.94. The van der Waals surface area contributed by atoms with Crippen molar-refractivity contribution in [2.24, 2.45) is 0 Å². The standard InChI is InChI=1S/C24H19BrFN5O3S/c1-27-23(32)21-17-10-16(14-6-9-20-28-29-24(25)31(20)12-14)18(30(2)35(3)33)11-19(17)34-22(21)13-4-7-15(26)8-5-13/h4-12H,1-3H3,(H,27,32). The van der Waals surface area contributed by atoms with Crippen LogP contribution in [0.4, 0.5) is 10.1 Å². The number of amides is 1. The molecule has 2 aromatic carbocycles. The van der Waals surface area contributed by atoms with E-state index in [1.807, 2.05) is 24.4 Å². The molecule has 0 aliphatic carbocycles. The summed E-state index contributed by atoms with van der Waals surface area (Å²) in [6, 6.07) is 13.1. The lowest BCUT2D eigenvalue weighted by molar-refractivity contribution is 0.0964. The number of nitrogens with one attached hydrogen (secondary N) is 1. The number of anilines is 1. The molecule has 0 aliphatic rings. The average Bonchev–Trinajstić information content (AvgIpc) is 3.42. The summed E-state index contributed by atoms with van der Waals surface area (Å²) < 4.78 is 36.1. The molecule has 0 radical (unpaired) electrons. The van der Waals surface area contributed by atoms with Gasteiger partial charge in [-0.1, -0.05) is 0 Å². The molecular formula is C24H19BrFN5O3S. The minimum Gasteiger partial charge on any atom is -0.455 e. The summed E-state index contributed by atoms with van der Waals surface area (Å²) >= 11 is 3.39. The van der Waals surface area contributed by atoms with Crippen LogP contribution in [-0.2, 0) is 11.0 Å². The van der Waals surface area contributed by atoms with E-state index in [9.17, 15) is 13.4 Å². The number of aromatic nitrogens is 3. The average molecular weight is 556 g/mol. The van der Waals surface area contributed by atoms with Crippen molar-refractivity contribution in [2.45, 2.75) is 0 Å². The molecule has 5 rings (SSSR count). The fraction of sp³-hybridized carbons (Fsp3) is 0.125. The van der Waals surface area contributed by atoms with E-state index >= 15 is 0 Å². The molecule has 3 aromatic heterocycles. The highest BCUT2D eigenvalue weighted by atomic mass is 79.9. The Labute approximate surface area is 210 Å². The van der Waals surface area contributed by atoms with Crippen LogP contribution in [0.25, 0.3) is 39.1 Å². The molecular weight excluding hydrogens is 537 g/mol. The van der Waals surface area contributed by atoms with Crippen molar-refractivity contribution in [2.75, 3.05) is 24.7 Å². The van der Waals surface area contributed by atoms with E-state index in [1.165, 1.54) is 19.2 Å². The lowest BCUT2D eigenvalue weighted by atomic mass is 9.99. The number of pyridine rings is 1. The van der Waals surface area contributed by atoms with Gasteiger partial charge in [0.1, 0.15) is 28.1 Å². The van der Waals surface area contributed by atoms with Crippen LogP contribution < -0.4 is 9.62 Å². The van der Waals surface area contributed by atoms with Crippen molar-refractivity contribution in [1.82, 2.24) is 19.9 Å². The van der Waals surface area contributed by atoms with Gasteiger partial charge in [0, 0.05) is 54.7 Å². The van der Waals surface area contributed by atoms with Gasteiger partial charge in [-0.2, -0.15) is 0 Å². The highest BCUT2D eigenvalue weighted by Gasteiger charge is 2.25. The highest BCUT2D eigenvalue weighted by molar-refractivity contribution is 9.10. The van der Waals surface area contributed by atoms with Crippen LogP contribution in [0.5, 0.6) is 0 Å². The zero-order chi connectivity index (χ0) is 24.9. The zero-order valence-electron chi connectivity index (χ0n) is 18.9. The molecule has 3 heterocycles. The maximum Gasteiger partial charge on any atom is 0.255 e. The third-order valence-electron chi connectivity index (χ3n) is 5.76. The smallest absolute Gasteiger partial charge is 0.255 e. The van der Waals surface area contributed by atoms with Crippen LogP contribution in [-0.4, -0.2) is 45.1 Å². The lowest BCUT2D eigenvalue weighted by Gasteiger charge is -2.20. The van der Waals surface area contributed by atoms with Crippen molar-refractivity contribution in [3.63, 3.8) is 0 Å². The number of hydrogen-bond donors (Lipinski definition) is 1. The summed E-state index contributed by atoms with van der Waals surface area (Å²) in [6.45, 7) is 0. The first-order chi connectivity index (χ1) is 16.8. The molecule has 0 fully saturated rings. The lowest BCUT2D eigenvalue weighted by Crippen LogP contribution is -2.20. The minimum atomic E-state index is -1.33. The molecule has 1 N–H and O–H groups in total. The first-order valence-electron chi connectivity index (χ1n) is 10.4. The van der Waals surface area contributed by atoms with Crippen molar-refractivity contribution >= 4 is 55.1 Å². The second-order valence-electron chi connectivity index (χ2n) is 7.79. The number of nitrogens with zero attached hydrogens (tertiary/aromatic N) is 4. The molecule has 1 amide bonds. The number of fused-ring (bicyclic) bond motifs is 2. The largest absolute Gasteiger partial charge is 0.455 e. The van der Waals surface area contributed by atoms with Crippen LogP contribution in [0.2, 0.25) is 0 Å². The monoisotopic (exact) mass is 555 g/mol. The van der Waals surface area contributed by atoms with Crippen molar-refractivity contribution < 1.29 is 17.8 Å². The summed E-state index contributed by atoms with van der Waals surface area (Å²) in [7, 11) is 1.93. The van der Waals surface area contributed by atoms with E-state index in [4.69, 9.17) is 4.42 Å². The maximum atomic E-state index is 13.5. The Kier molecular flexibility index (Phi) is 5.89. The van der Waals surface area contributed by atoms with Crippen LogP contribution in [0.3, 0.4) is 0 Å². The van der Waals surface area contributed by atoms with Gasteiger partial charge in [-0.15, -0.1) is 10.2 Å². The Morgan fingerprint density at radius 2 is 1.86 bits per heavy atom. The van der Waals surface area contributed by atoms with Gasteiger partial charge in [-0.25, -0.2) is 8.60 Å². The van der Waals surface area contributed by atoms with Crippen LogP contribution in [0.15, 0.2) is 63.9 Å². The second kappa shape index (κ2) is 8.90. The van der Waals surface area contributed by atoms with Gasteiger partial charge >= 0.3 is 0 Å². The van der Waals surface area contributed by atoms with Crippen LogP contribution in [0, 0.1) is 5.82 Å². The normalized spacial score (nSPS) is 12.3. The minimum absolute atomic E-state index is 0.319. The quantitative estimate of drug-likeness (QED) is 0.336. The van der Waals surface area contributed by atoms with Crippen LogP contribution in [0.1, 0.15) is 10.4 Å². The topological polar surface area (TPSA) is 92.7 Å². The molecule has 0 aliphatic heterocycles. The summed E-state index contributed by atoms with van der Waals surface area (Å²) in [5.41, 5.74) is 4.15. The molecule has 0 saturated heterocycles. The zero-order valence-corrected chi connectivity index (χ0v) is 21.3. The number of carbonyl (C=O) groups is 1. The summed E-state index contributed by atoms with van der Waals surface area (Å²) in [5, 5.41) is 11.4. The first-order valence-corrected chi connectivity index (χ1v) is 12.8. The van der Waals surface area contributed by atoms with Gasteiger partial charge in [0.2, 0.25) is 4.73 Å². The number of rotatable bonds is 5. The number of benzene rings is 2. The molecule has 0 bridgehead atoms. The van der Waals surface area contributed by atoms with Gasteiger partial charge in [-0.05, 0) is 58.4 Å². The number of carbonyl (C=O) groups excluding carboxylic acids is 1. The Hall–Kier alpha value is -3.57. The van der Waals surface area contributed by atoms with E-state index < -0.39 is 16.8 Å². The SMILES string of the molecule is CNC(=O)c1c(-c2ccc(F)cc2)oc2cc(N(C)S(C)=O)c(-c3ccc4nnc(Br)n4c3)cc12. The van der Waals surface area contributed by atoms with Crippen molar-refractivity contribution in [3.05, 3.63) is 70.8 Å². The third kappa shape index (κ3) is 4.00. The summed E-state index contributed by atoms with van der Waals surface area (Å²) in [6.07, 6.45) is 3.44. The number of hydrogen-bond acceptors (Lipinski definition) is 5. The molecule has 178 valence electrons. The van der Waals surface area contributed by atoms with E-state index in [-0.39, 0.29) is 5.91 Å². The Morgan fingerprint density at radius 1 is 1.14 bits per heavy atom. The van der Waals surface area contributed by atoms with Crippen molar-refractivity contribution in [3.8, 4) is 22.5 Å². The number of furan rings is 1.